The number of halogens is 2. The lowest BCUT2D eigenvalue weighted by molar-refractivity contribution is 0.159. The Bertz CT molecular complexity index is 778. The first-order valence-corrected chi connectivity index (χ1v) is 11.1. The molecule has 1 N–H and O–H groups in total. The number of nitrogens with zero attached hydrogens (tertiary/aromatic N) is 4. The number of urea groups is 1. The second kappa shape index (κ2) is 8.73. The van der Waals surface area contributed by atoms with E-state index in [1.807, 2.05) is 17.8 Å². The van der Waals surface area contributed by atoms with Gasteiger partial charge in [-0.3, -0.25) is 4.68 Å². The SMILES string of the molecule is Cc1cnn(C2CCCN(C(=O)NCC3CCN(S(=O)(=O)C(F)F)CC3)C2)c1. The second-order valence-electron chi connectivity index (χ2n) is 7.57. The van der Waals surface area contributed by atoms with Crippen LogP contribution < -0.4 is 5.32 Å². The molecule has 2 aliphatic heterocycles. The molecule has 2 aliphatic rings. The van der Waals surface area contributed by atoms with Gasteiger partial charge in [-0.15, -0.1) is 0 Å². The van der Waals surface area contributed by atoms with Crippen molar-refractivity contribution < 1.29 is 22.0 Å². The first-order valence-electron chi connectivity index (χ1n) is 9.58. The van der Waals surface area contributed by atoms with Crippen LogP contribution in [0, 0.1) is 12.8 Å². The number of amides is 2. The molecule has 0 bridgehead atoms. The fourth-order valence-corrected chi connectivity index (χ4v) is 4.76. The van der Waals surface area contributed by atoms with Crippen molar-refractivity contribution in [2.75, 3.05) is 32.7 Å². The van der Waals surface area contributed by atoms with Gasteiger partial charge in [0.25, 0.3) is 10.0 Å². The maximum Gasteiger partial charge on any atom is 0.350 e. The van der Waals surface area contributed by atoms with Crippen molar-refractivity contribution in [1.29, 1.82) is 0 Å². The average Bonchev–Trinajstić information content (AvgIpc) is 3.13. The first kappa shape index (κ1) is 21.0. The van der Waals surface area contributed by atoms with E-state index < -0.39 is 15.8 Å². The molecule has 0 radical (unpaired) electrons. The number of aryl methyl sites for hydroxylation is 1. The zero-order chi connectivity index (χ0) is 20.3. The number of hydrogen-bond donors (Lipinski definition) is 1. The molecule has 1 aromatic rings. The van der Waals surface area contributed by atoms with Crippen LogP contribution in [0.4, 0.5) is 13.6 Å². The maximum atomic E-state index is 12.6. The number of nitrogens with one attached hydrogen (secondary N) is 1. The van der Waals surface area contributed by atoms with Gasteiger partial charge in [-0.1, -0.05) is 0 Å². The number of hydrogen-bond acceptors (Lipinski definition) is 4. The summed E-state index contributed by atoms with van der Waals surface area (Å²) in [6.45, 7) is 3.82. The molecule has 3 rings (SSSR count). The third kappa shape index (κ3) is 4.80. The Morgan fingerprint density at radius 1 is 1.29 bits per heavy atom. The van der Waals surface area contributed by atoms with Crippen molar-refractivity contribution in [1.82, 2.24) is 24.3 Å². The molecule has 0 aromatic carbocycles. The van der Waals surface area contributed by atoms with Crippen LogP contribution >= 0.6 is 0 Å². The highest BCUT2D eigenvalue weighted by atomic mass is 32.2. The summed E-state index contributed by atoms with van der Waals surface area (Å²) in [6.07, 6.45) is 6.58. The summed E-state index contributed by atoms with van der Waals surface area (Å²) in [6, 6.07) is 0.0206. The lowest BCUT2D eigenvalue weighted by Gasteiger charge is -2.34. The van der Waals surface area contributed by atoms with E-state index in [1.54, 1.807) is 11.1 Å². The summed E-state index contributed by atoms with van der Waals surface area (Å²) < 4.78 is 51.0. The van der Waals surface area contributed by atoms with Crippen molar-refractivity contribution in [3.05, 3.63) is 18.0 Å². The minimum absolute atomic E-state index is 0.0671. The van der Waals surface area contributed by atoms with E-state index in [0.29, 0.717) is 32.5 Å². The standard InChI is InChI=1S/C17H27F2N5O3S/c1-13-9-21-24(11-13)15-3-2-6-22(12-15)17(25)20-10-14-4-7-23(8-5-14)28(26,27)16(18)19/h9,11,14-16H,2-8,10,12H2,1H3,(H,20,25). The zero-order valence-electron chi connectivity index (χ0n) is 15.9. The van der Waals surface area contributed by atoms with Crippen LogP contribution in [-0.4, -0.2) is 71.9 Å². The van der Waals surface area contributed by atoms with E-state index in [9.17, 15) is 22.0 Å². The van der Waals surface area contributed by atoms with Gasteiger partial charge in [0.05, 0.1) is 12.2 Å². The van der Waals surface area contributed by atoms with Crippen LogP contribution in [0.1, 0.15) is 37.3 Å². The van der Waals surface area contributed by atoms with E-state index >= 15 is 0 Å². The highest BCUT2D eigenvalue weighted by molar-refractivity contribution is 7.89. The molecule has 1 unspecified atom stereocenters. The van der Waals surface area contributed by atoms with E-state index in [1.165, 1.54) is 0 Å². The minimum atomic E-state index is -4.51. The molecule has 0 aliphatic carbocycles. The molecule has 0 saturated carbocycles. The van der Waals surface area contributed by atoms with E-state index in [0.717, 1.165) is 22.7 Å². The molecular formula is C17H27F2N5O3S. The predicted molar refractivity (Wildman–Crippen MR) is 99.4 cm³/mol. The normalized spacial score (nSPS) is 22.6. The van der Waals surface area contributed by atoms with Crippen molar-refractivity contribution in [3.8, 4) is 0 Å². The molecule has 1 aromatic heterocycles. The number of likely N-dealkylation sites (tertiary alicyclic amines) is 1. The number of piperidine rings is 2. The quantitative estimate of drug-likeness (QED) is 0.788. The van der Waals surface area contributed by atoms with Gasteiger partial charge < -0.3 is 10.2 Å². The minimum Gasteiger partial charge on any atom is -0.338 e. The second-order valence-corrected chi connectivity index (χ2v) is 9.48. The highest BCUT2D eigenvalue weighted by Crippen LogP contribution is 2.23. The lowest BCUT2D eigenvalue weighted by atomic mass is 9.98. The van der Waals surface area contributed by atoms with Crippen LogP contribution in [0.15, 0.2) is 12.4 Å². The summed E-state index contributed by atoms with van der Waals surface area (Å²) >= 11 is 0. The largest absolute Gasteiger partial charge is 0.350 e. The summed E-state index contributed by atoms with van der Waals surface area (Å²) in [4.78, 5) is 14.3. The van der Waals surface area contributed by atoms with Crippen molar-refractivity contribution in [3.63, 3.8) is 0 Å². The molecule has 11 heteroatoms. The lowest BCUT2D eigenvalue weighted by Crippen LogP contribution is -2.48. The van der Waals surface area contributed by atoms with E-state index in [-0.39, 0.29) is 31.1 Å². The summed E-state index contributed by atoms with van der Waals surface area (Å²) in [5, 5.41) is 7.26. The third-order valence-corrected chi connectivity index (χ3v) is 7.02. The van der Waals surface area contributed by atoms with Crippen LogP contribution in [0.3, 0.4) is 0 Å². The Morgan fingerprint density at radius 2 is 2.00 bits per heavy atom. The monoisotopic (exact) mass is 419 g/mol. The van der Waals surface area contributed by atoms with Gasteiger partial charge in [0.15, 0.2) is 0 Å². The van der Waals surface area contributed by atoms with Crippen LogP contribution in [-0.2, 0) is 10.0 Å². The van der Waals surface area contributed by atoms with Crippen LogP contribution in [0.25, 0.3) is 0 Å². The smallest absolute Gasteiger partial charge is 0.338 e. The summed E-state index contributed by atoms with van der Waals surface area (Å²) in [5.74, 6) is -3.29. The molecule has 3 heterocycles. The first-order chi connectivity index (χ1) is 13.3. The summed E-state index contributed by atoms with van der Waals surface area (Å²) in [7, 11) is -4.51. The Kier molecular flexibility index (Phi) is 6.54. The number of alkyl halides is 2. The Labute approximate surface area is 163 Å². The topological polar surface area (TPSA) is 87.5 Å². The van der Waals surface area contributed by atoms with Crippen molar-refractivity contribution in [2.24, 2.45) is 5.92 Å². The van der Waals surface area contributed by atoms with Gasteiger partial charge in [-0.25, -0.2) is 13.2 Å². The van der Waals surface area contributed by atoms with Crippen LogP contribution in [0.2, 0.25) is 0 Å². The fraction of sp³-hybridized carbons (Fsp3) is 0.765. The predicted octanol–water partition coefficient (Wildman–Crippen LogP) is 1.80. The number of aromatic nitrogens is 2. The van der Waals surface area contributed by atoms with E-state index in [4.69, 9.17) is 0 Å². The fourth-order valence-electron chi connectivity index (χ4n) is 3.81. The molecular weight excluding hydrogens is 392 g/mol. The Morgan fingerprint density at radius 3 is 2.61 bits per heavy atom. The summed E-state index contributed by atoms with van der Waals surface area (Å²) in [5.41, 5.74) is 1.08. The van der Waals surface area contributed by atoms with Gasteiger partial charge in [0.2, 0.25) is 0 Å². The molecule has 0 spiro atoms. The van der Waals surface area contributed by atoms with E-state index in [2.05, 4.69) is 10.4 Å². The van der Waals surface area contributed by atoms with Gasteiger partial charge in [-0.2, -0.15) is 18.2 Å². The Hall–Kier alpha value is -1.75. The zero-order valence-corrected chi connectivity index (χ0v) is 16.7. The van der Waals surface area contributed by atoms with Gasteiger partial charge in [0.1, 0.15) is 0 Å². The van der Waals surface area contributed by atoms with Gasteiger partial charge in [-0.05, 0) is 44.1 Å². The van der Waals surface area contributed by atoms with Crippen molar-refractivity contribution in [2.45, 2.75) is 44.4 Å². The molecule has 2 fully saturated rings. The van der Waals surface area contributed by atoms with Gasteiger partial charge >= 0.3 is 11.8 Å². The molecule has 28 heavy (non-hydrogen) atoms. The molecule has 8 nitrogen and oxygen atoms in total. The van der Waals surface area contributed by atoms with Crippen LogP contribution in [0.5, 0.6) is 0 Å². The Balaban J connectivity index is 1.44. The number of rotatable bonds is 5. The number of carbonyl (C=O) groups is 1. The highest BCUT2D eigenvalue weighted by Gasteiger charge is 2.35. The molecule has 2 saturated heterocycles. The third-order valence-electron chi connectivity index (χ3n) is 5.49. The molecule has 2 amide bonds. The molecule has 1 atom stereocenters. The maximum absolute atomic E-state index is 12.6. The number of sulfonamides is 1. The number of carbonyl (C=O) groups excluding carboxylic acids is 1. The average molecular weight is 419 g/mol. The van der Waals surface area contributed by atoms with Crippen molar-refractivity contribution >= 4 is 16.1 Å². The molecule has 158 valence electrons. The van der Waals surface area contributed by atoms with Gasteiger partial charge in [0, 0.05) is 38.9 Å².